The van der Waals surface area contributed by atoms with Crippen LogP contribution in [0.4, 0.5) is 5.69 Å². The normalized spacial score (nSPS) is 21.0. The van der Waals surface area contributed by atoms with Crippen LogP contribution in [-0.4, -0.2) is 73.5 Å². The number of hydrogen-bond donors (Lipinski definition) is 6. The molecule has 0 aliphatic carbocycles. The quantitative estimate of drug-likeness (QED) is 0.185. The van der Waals surface area contributed by atoms with Crippen LogP contribution in [0, 0.1) is 0 Å². The number of nitrogens with one attached hydrogen (secondary N) is 1. The zero-order valence-corrected chi connectivity index (χ0v) is 15.3. The highest BCUT2D eigenvalue weighted by Crippen LogP contribution is 2.23. The molecule has 2 rings (SSSR count). The van der Waals surface area contributed by atoms with E-state index in [1.807, 2.05) is 0 Å². The smallest absolute Gasteiger partial charge is 0.269 e. The Balaban J connectivity index is 2.30. The Kier molecular flexibility index (Phi) is 7.00. The third kappa shape index (κ3) is 4.68. The van der Waals surface area contributed by atoms with Gasteiger partial charge in [0.2, 0.25) is 0 Å². The van der Waals surface area contributed by atoms with Crippen molar-refractivity contribution in [2.45, 2.75) is 24.4 Å². The molecule has 1 aromatic rings. The number of hydrogen-bond acceptors (Lipinski definition) is 8. The van der Waals surface area contributed by atoms with Gasteiger partial charge in [0, 0.05) is 5.02 Å². The van der Waals surface area contributed by atoms with E-state index >= 15 is 0 Å². The number of amides is 2. The second-order valence-electron chi connectivity index (χ2n) is 5.68. The van der Waals surface area contributed by atoms with Gasteiger partial charge in [-0.15, -0.1) is 0 Å². The van der Waals surface area contributed by atoms with E-state index in [0.717, 1.165) is 11.0 Å². The number of carbonyl (C=O) groups is 2. The molecule has 1 aromatic carbocycles. The van der Waals surface area contributed by atoms with Gasteiger partial charge in [0.15, 0.2) is 5.11 Å². The molecular formula is C16H17ClN2O7S. The molecule has 0 aromatic heterocycles. The molecule has 1 aliphatic rings. The maximum Gasteiger partial charge on any atom is 0.269 e. The van der Waals surface area contributed by atoms with Crippen molar-refractivity contribution in [3.05, 3.63) is 40.9 Å². The highest BCUT2D eigenvalue weighted by molar-refractivity contribution is 7.80. The van der Waals surface area contributed by atoms with Gasteiger partial charge in [0.05, 0.1) is 12.3 Å². The summed E-state index contributed by atoms with van der Waals surface area (Å²) in [5.41, 5.74) is -0.220. The first kappa shape index (κ1) is 21.4. The highest BCUT2D eigenvalue weighted by atomic mass is 35.5. The van der Waals surface area contributed by atoms with Crippen molar-refractivity contribution in [3.63, 3.8) is 0 Å². The molecule has 0 bridgehead atoms. The van der Waals surface area contributed by atoms with Crippen LogP contribution in [0.1, 0.15) is 0 Å². The Hall–Kier alpha value is -1.92. The highest BCUT2D eigenvalue weighted by Gasteiger charge is 2.37. The number of halogens is 1. The maximum atomic E-state index is 12.7. The molecule has 0 spiro atoms. The lowest BCUT2D eigenvalue weighted by Gasteiger charge is -2.30. The van der Waals surface area contributed by atoms with E-state index in [4.69, 9.17) is 28.9 Å². The molecule has 2 amide bonds. The zero-order chi connectivity index (χ0) is 20.3. The predicted octanol–water partition coefficient (Wildman–Crippen LogP) is -1.55. The van der Waals surface area contributed by atoms with Crippen LogP contribution in [0.3, 0.4) is 0 Å². The Morgan fingerprint density at radius 3 is 2.26 bits per heavy atom. The fourth-order valence-electron chi connectivity index (χ4n) is 2.31. The lowest BCUT2D eigenvalue weighted by atomic mass is 10.00. The molecule has 11 heteroatoms. The molecule has 9 nitrogen and oxygen atoms in total. The number of carbonyl (C=O) groups excluding carboxylic acids is 2. The molecule has 1 saturated heterocycles. The van der Waals surface area contributed by atoms with Crippen LogP contribution >= 0.6 is 23.8 Å². The number of aliphatic hydroxyl groups is 5. The van der Waals surface area contributed by atoms with Gasteiger partial charge in [0.1, 0.15) is 30.0 Å². The van der Waals surface area contributed by atoms with Gasteiger partial charge in [0.25, 0.3) is 11.8 Å². The van der Waals surface area contributed by atoms with Crippen LogP contribution in [0.15, 0.2) is 35.9 Å². The topological polar surface area (TPSA) is 151 Å². The molecular weight excluding hydrogens is 400 g/mol. The van der Waals surface area contributed by atoms with E-state index in [9.17, 15) is 30.0 Å². The molecule has 27 heavy (non-hydrogen) atoms. The van der Waals surface area contributed by atoms with E-state index in [-0.39, 0.29) is 5.11 Å². The second kappa shape index (κ2) is 8.85. The summed E-state index contributed by atoms with van der Waals surface area (Å²) in [6.07, 6.45) is -6.73. The van der Waals surface area contributed by atoms with E-state index in [1.54, 1.807) is 0 Å². The molecule has 1 heterocycles. The average molecular weight is 417 g/mol. The molecule has 1 fully saturated rings. The molecule has 146 valence electrons. The fourth-order valence-corrected chi connectivity index (χ4v) is 2.72. The zero-order valence-electron chi connectivity index (χ0n) is 13.7. The van der Waals surface area contributed by atoms with Gasteiger partial charge in [-0.05, 0) is 42.6 Å². The minimum atomic E-state index is -1.96. The maximum absolute atomic E-state index is 12.7. The lowest BCUT2D eigenvalue weighted by molar-refractivity contribution is -0.122. The van der Waals surface area contributed by atoms with Gasteiger partial charge < -0.3 is 25.5 Å². The minimum absolute atomic E-state index is 0.185. The molecule has 0 saturated carbocycles. The van der Waals surface area contributed by atoms with Crippen molar-refractivity contribution >= 4 is 46.4 Å². The minimum Gasteiger partial charge on any atom is -0.394 e. The van der Waals surface area contributed by atoms with Crippen molar-refractivity contribution < 1.29 is 35.1 Å². The number of aliphatic hydroxyl groups excluding tert-OH is 5. The first-order valence-corrected chi connectivity index (χ1v) is 8.46. The van der Waals surface area contributed by atoms with Crippen LogP contribution in [0.2, 0.25) is 5.02 Å². The van der Waals surface area contributed by atoms with Crippen LogP contribution in [0.5, 0.6) is 0 Å². The SMILES string of the molecule is O=C1NC(=S)N(c2ccc(Cl)cc2)C(=O)/C1=C\[C@H](O)[C@@H](O)[C@H](O)C(O)CO. The Bertz CT molecular complexity index is 771. The Labute approximate surface area is 164 Å². The van der Waals surface area contributed by atoms with Crippen molar-refractivity contribution in [3.8, 4) is 0 Å². The fraction of sp³-hybridized carbons (Fsp3) is 0.312. The predicted molar refractivity (Wildman–Crippen MR) is 98.9 cm³/mol. The third-order valence-corrected chi connectivity index (χ3v) is 4.34. The Morgan fingerprint density at radius 1 is 1.11 bits per heavy atom. The molecule has 1 unspecified atom stereocenters. The van der Waals surface area contributed by atoms with Crippen LogP contribution in [-0.2, 0) is 9.59 Å². The van der Waals surface area contributed by atoms with Crippen molar-refractivity contribution in [2.75, 3.05) is 11.5 Å². The summed E-state index contributed by atoms with van der Waals surface area (Å²) in [6, 6.07) is 6.01. The summed E-state index contributed by atoms with van der Waals surface area (Å²) < 4.78 is 0. The monoisotopic (exact) mass is 416 g/mol. The summed E-state index contributed by atoms with van der Waals surface area (Å²) in [5, 5.41) is 50.1. The third-order valence-electron chi connectivity index (χ3n) is 3.81. The largest absolute Gasteiger partial charge is 0.394 e. The molecule has 4 atom stereocenters. The van der Waals surface area contributed by atoms with E-state index in [0.29, 0.717) is 10.7 Å². The van der Waals surface area contributed by atoms with E-state index in [1.165, 1.54) is 24.3 Å². The van der Waals surface area contributed by atoms with Gasteiger partial charge in [-0.25, -0.2) is 0 Å². The first-order valence-electron chi connectivity index (χ1n) is 7.67. The Morgan fingerprint density at radius 2 is 1.70 bits per heavy atom. The van der Waals surface area contributed by atoms with Gasteiger partial charge in [-0.3, -0.25) is 19.8 Å². The van der Waals surface area contributed by atoms with Crippen LogP contribution < -0.4 is 10.2 Å². The summed E-state index contributed by atoms with van der Waals surface area (Å²) >= 11 is 10.8. The van der Waals surface area contributed by atoms with Crippen molar-refractivity contribution in [1.82, 2.24) is 5.32 Å². The number of anilines is 1. The number of thiocarbonyl (C=S) groups is 1. The number of nitrogens with zero attached hydrogens (tertiary/aromatic N) is 1. The second-order valence-corrected chi connectivity index (χ2v) is 6.50. The van der Waals surface area contributed by atoms with Gasteiger partial charge >= 0.3 is 0 Å². The van der Waals surface area contributed by atoms with Crippen LogP contribution in [0.25, 0.3) is 0 Å². The molecule has 6 N–H and O–H groups in total. The molecule has 0 radical (unpaired) electrons. The summed E-state index contributed by atoms with van der Waals surface area (Å²) in [7, 11) is 0. The number of rotatable bonds is 6. The van der Waals surface area contributed by atoms with Gasteiger partial charge in [-0.1, -0.05) is 11.6 Å². The average Bonchev–Trinajstić information content (AvgIpc) is 2.64. The lowest BCUT2D eigenvalue weighted by Crippen LogP contribution is -2.55. The summed E-state index contributed by atoms with van der Waals surface area (Å²) in [6.45, 7) is -0.862. The number of benzene rings is 1. The van der Waals surface area contributed by atoms with E-state index < -0.39 is 48.4 Å². The molecule has 1 aliphatic heterocycles. The van der Waals surface area contributed by atoms with Gasteiger partial charge in [-0.2, -0.15) is 0 Å². The van der Waals surface area contributed by atoms with E-state index in [2.05, 4.69) is 5.32 Å². The summed E-state index contributed by atoms with van der Waals surface area (Å²) in [4.78, 5) is 25.8. The summed E-state index contributed by atoms with van der Waals surface area (Å²) in [5.74, 6) is -1.77. The van der Waals surface area contributed by atoms with Crippen molar-refractivity contribution in [2.24, 2.45) is 0 Å². The first-order chi connectivity index (χ1) is 12.7. The standard InChI is InChI=1S/C16H17ClN2O7S/c17-7-1-3-8(4-2-7)19-15(26)9(14(25)18-16(19)27)5-10(21)12(23)13(24)11(22)6-20/h1-5,10-13,20-24H,6H2,(H,18,25,27)/b9-5-/t10-,11?,12+,13+/m0/s1. The van der Waals surface area contributed by atoms with Crippen molar-refractivity contribution in [1.29, 1.82) is 0 Å².